The lowest BCUT2D eigenvalue weighted by Crippen LogP contribution is -2.36. The fraction of sp³-hybridized carbons (Fsp3) is 0.800. The highest BCUT2D eigenvalue weighted by Gasteiger charge is 2.39. The molecule has 0 saturated carbocycles. The SMILES string of the molecule is COCCOCCOC(=O)CCCCCOC(=O)C(CC(=O)O)C(CC(=O)O)C(=O)OCCCCCC(=O)OCCOCCOC. The van der Waals surface area contributed by atoms with Crippen LogP contribution in [0.5, 0.6) is 0 Å². The average Bonchev–Trinajstić information content (AvgIpc) is 3.01. The minimum atomic E-state index is -1.57. The van der Waals surface area contributed by atoms with Crippen molar-refractivity contribution in [2.24, 2.45) is 11.8 Å². The highest BCUT2D eigenvalue weighted by molar-refractivity contribution is 5.88. The molecular weight excluding hydrogens is 616 g/mol. The summed E-state index contributed by atoms with van der Waals surface area (Å²) in [6.07, 6.45) is 1.25. The predicted octanol–water partition coefficient (Wildman–Crippen LogP) is 1.79. The van der Waals surface area contributed by atoms with E-state index in [4.69, 9.17) is 37.9 Å². The van der Waals surface area contributed by atoms with Gasteiger partial charge in [0.2, 0.25) is 0 Å². The van der Waals surface area contributed by atoms with Gasteiger partial charge >= 0.3 is 35.8 Å². The van der Waals surface area contributed by atoms with Gasteiger partial charge in [0.25, 0.3) is 0 Å². The summed E-state index contributed by atoms with van der Waals surface area (Å²) in [6.45, 7) is 2.19. The number of hydrogen-bond acceptors (Lipinski definition) is 14. The van der Waals surface area contributed by atoms with Crippen LogP contribution in [-0.4, -0.2) is 126 Å². The molecule has 2 N–H and O–H groups in total. The van der Waals surface area contributed by atoms with Crippen molar-refractivity contribution in [2.75, 3.05) is 80.3 Å². The Labute approximate surface area is 269 Å². The quantitative estimate of drug-likeness (QED) is 0.0612. The molecule has 0 amide bonds. The topological polar surface area (TPSA) is 217 Å². The summed E-state index contributed by atoms with van der Waals surface area (Å²) in [7, 11) is 3.10. The molecule has 0 aliphatic heterocycles. The van der Waals surface area contributed by atoms with Crippen LogP contribution in [0.3, 0.4) is 0 Å². The molecule has 0 spiro atoms. The van der Waals surface area contributed by atoms with Gasteiger partial charge in [-0.2, -0.15) is 0 Å². The number of esters is 4. The van der Waals surface area contributed by atoms with Crippen LogP contribution in [0.25, 0.3) is 0 Å². The summed E-state index contributed by atoms with van der Waals surface area (Å²) < 4.78 is 40.5. The minimum absolute atomic E-state index is 0.116. The number of carbonyl (C=O) groups excluding carboxylic acids is 4. The van der Waals surface area contributed by atoms with Gasteiger partial charge in [-0.1, -0.05) is 0 Å². The summed E-state index contributed by atoms with van der Waals surface area (Å²) >= 11 is 0. The molecule has 0 aliphatic carbocycles. The van der Waals surface area contributed by atoms with Crippen LogP contribution >= 0.6 is 0 Å². The maximum absolute atomic E-state index is 12.7. The second kappa shape index (κ2) is 29.1. The van der Waals surface area contributed by atoms with Crippen molar-refractivity contribution in [3.05, 3.63) is 0 Å². The van der Waals surface area contributed by atoms with Gasteiger partial charge in [-0.3, -0.25) is 28.8 Å². The van der Waals surface area contributed by atoms with E-state index in [0.29, 0.717) is 65.0 Å². The Bertz CT molecular complexity index is 807. The molecule has 0 rings (SSSR count). The molecule has 16 nitrogen and oxygen atoms in total. The zero-order valence-corrected chi connectivity index (χ0v) is 26.9. The molecule has 266 valence electrons. The molecule has 2 unspecified atom stereocenters. The Morgan fingerprint density at radius 1 is 0.457 bits per heavy atom. The fourth-order valence-corrected chi connectivity index (χ4v) is 3.87. The van der Waals surface area contributed by atoms with Gasteiger partial charge in [0.05, 0.1) is 77.5 Å². The zero-order chi connectivity index (χ0) is 34.4. The number of methoxy groups -OCH3 is 2. The number of ether oxygens (including phenoxy) is 8. The minimum Gasteiger partial charge on any atom is -0.481 e. The third kappa shape index (κ3) is 24.9. The standard InChI is InChI=1S/C30H50O16/c1-39-13-15-41-17-19-43-27(35)9-5-3-7-11-45-29(37)23(21-25(31)32)24(22-26(33)34)30(38)46-12-8-4-6-10-28(36)44-20-18-42-16-14-40-2/h23-24H,3-22H2,1-2H3,(H,31,32)(H,33,34). The first-order valence-electron chi connectivity index (χ1n) is 15.3. The fourth-order valence-electron chi connectivity index (χ4n) is 3.87. The molecule has 2 atom stereocenters. The zero-order valence-electron chi connectivity index (χ0n) is 26.9. The predicted molar refractivity (Wildman–Crippen MR) is 158 cm³/mol. The van der Waals surface area contributed by atoms with Crippen LogP contribution in [0.2, 0.25) is 0 Å². The monoisotopic (exact) mass is 666 g/mol. The first-order valence-corrected chi connectivity index (χ1v) is 15.3. The summed E-state index contributed by atoms with van der Waals surface area (Å²) in [5.41, 5.74) is 0. The maximum atomic E-state index is 12.7. The molecule has 0 fully saturated rings. The largest absolute Gasteiger partial charge is 0.481 e. The lowest BCUT2D eigenvalue weighted by Gasteiger charge is -2.22. The molecule has 0 radical (unpaired) electrons. The summed E-state index contributed by atoms with van der Waals surface area (Å²) in [5.74, 6) is -8.83. The van der Waals surface area contributed by atoms with E-state index in [1.54, 1.807) is 14.2 Å². The second-order valence-corrected chi connectivity index (χ2v) is 10.0. The maximum Gasteiger partial charge on any atom is 0.310 e. The number of carbonyl (C=O) groups is 6. The number of carboxylic acids is 2. The Hall–Kier alpha value is -3.34. The van der Waals surface area contributed by atoms with E-state index in [1.165, 1.54) is 0 Å². The molecule has 0 aromatic rings. The lowest BCUT2D eigenvalue weighted by atomic mass is 9.86. The third-order valence-corrected chi connectivity index (χ3v) is 6.26. The van der Waals surface area contributed by atoms with E-state index in [-0.39, 0.29) is 52.5 Å². The van der Waals surface area contributed by atoms with Crippen LogP contribution in [0.1, 0.15) is 64.2 Å². The number of aliphatic carboxylic acids is 2. The van der Waals surface area contributed by atoms with Crippen LogP contribution in [0.15, 0.2) is 0 Å². The first-order chi connectivity index (χ1) is 22.1. The summed E-state index contributed by atoms with van der Waals surface area (Å²) in [5, 5.41) is 18.6. The van der Waals surface area contributed by atoms with Crippen molar-refractivity contribution in [1.82, 2.24) is 0 Å². The van der Waals surface area contributed by atoms with E-state index in [0.717, 1.165) is 0 Å². The molecule has 0 aromatic carbocycles. The molecule has 16 heteroatoms. The molecule has 0 aliphatic rings. The van der Waals surface area contributed by atoms with Crippen LogP contribution in [-0.2, 0) is 66.7 Å². The number of carboxylic acid groups (broad SMARTS) is 2. The summed E-state index contributed by atoms with van der Waals surface area (Å²) in [6, 6.07) is 0. The van der Waals surface area contributed by atoms with Crippen LogP contribution in [0, 0.1) is 11.8 Å². The number of rotatable bonds is 31. The molecular formula is C30H50O16. The van der Waals surface area contributed by atoms with Gasteiger partial charge in [-0.15, -0.1) is 0 Å². The van der Waals surface area contributed by atoms with E-state index in [9.17, 15) is 39.0 Å². The van der Waals surface area contributed by atoms with Gasteiger partial charge in [-0.05, 0) is 38.5 Å². The lowest BCUT2D eigenvalue weighted by molar-refractivity contribution is -0.166. The first kappa shape index (κ1) is 42.7. The molecule has 0 saturated heterocycles. The number of hydrogen-bond donors (Lipinski definition) is 2. The van der Waals surface area contributed by atoms with Crippen molar-refractivity contribution in [3.63, 3.8) is 0 Å². The smallest absolute Gasteiger partial charge is 0.310 e. The van der Waals surface area contributed by atoms with Crippen LogP contribution in [0.4, 0.5) is 0 Å². The highest BCUT2D eigenvalue weighted by Crippen LogP contribution is 2.24. The number of unbranched alkanes of at least 4 members (excludes halogenated alkanes) is 4. The van der Waals surface area contributed by atoms with Crippen molar-refractivity contribution < 1.29 is 76.9 Å². The van der Waals surface area contributed by atoms with Gasteiger partial charge in [0.1, 0.15) is 13.2 Å². The van der Waals surface area contributed by atoms with E-state index < -0.39 is 60.5 Å². The highest BCUT2D eigenvalue weighted by atomic mass is 16.6. The van der Waals surface area contributed by atoms with Crippen molar-refractivity contribution in [2.45, 2.75) is 64.2 Å². The van der Waals surface area contributed by atoms with Crippen LogP contribution < -0.4 is 0 Å². The Morgan fingerprint density at radius 3 is 1.17 bits per heavy atom. The van der Waals surface area contributed by atoms with Crippen molar-refractivity contribution in [1.29, 1.82) is 0 Å². The van der Waals surface area contributed by atoms with E-state index >= 15 is 0 Å². The van der Waals surface area contributed by atoms with Gasteiger partial charge in [0, 0.05) is 27.1 Å². The summed E-state index contributed by atoms with van der Waals surface area (Å²) in [4.78, 5) is 71.9. The molecule has 0 heterocycles. The van der Waals surface area contributed by atoms with E-state index in [1.807, 2.05) is 0 Å². The van der Waals surface area contributed by atoms with Gasteiger partial charge < -0.3 is 48.1 Å². The third-order valence-electron chi connectivity index (χ3n) is 6.26. The molecule has 0 aromatic heterocycles. The second-order valence-electron chi connectivity index (χ2n) is 10.0. The van der Waals surface area contributed by atoms with Gasteiger partial charge in [-0.25, -0.2) is 0 Å². The van der Waals surface area contributed by atoms with Gasteiger partial charge in [0.15, 0.2) is 0 Å². The Kier molecular flexibility index (Phi) is 27.0. The Morgan fingerprint density at radius 2 is 0.826 bits per heavy atom. The molecule has 46 heavy (non-hydrogen) atoms. The normalized spacial score (nSPS) is 12.1. The van der Waals surface area contributed by atoms with E-state index in [2.05, 4.69) is 0 Å². The Balaban J connectivity index is 4.51. The van der Waals surface area contributed by atoms with Crippen molar-refractivity contribution in [3.8, 4) is 0 Å². The van der Waals surface area contributed by atoms with Crippen molar-refractivity contribution >= 4 is 35.8 Å². The molecule has 0 bridgehead atoms. The average molecular weight is 667 g/mol.